The lowest BCUT2D eigenvalue weighted by atomic mass is 9.97. The number of anilines is 1. The van der Waals surface area contributed by atoms with E-state index in [1.165, 1.54) is 37.8 Å². The van der Waals surface area contributed by atoms with Gasteiger partial charge in [0.15, 0.2) is 5.76 Å². The molecular weight excluding hydrogens is 362 g/mol. The highest BCUT2D eigenvalue weighted by molar-refractivity contribution is 6.11. The van der Waals surface area contributed by atoms with Crippen LogP contribution in [0, 0.1) is 0 Å². The van der Waals surface area contributed by atoms with E-state index in [9.17, 15) is 4.79 Å². The molecule has 0 bridgehead atoms. The summed E-state index contributed by atoms with van der Waals surface area (Å²) in [5, 5.41) is 0. The average molecular weight is 398 g/mol. The van der Waals surface area contributed by atoms with Crippen LogP contribution in [0.3, 0.4) is 0 Å². The number of likely N-dealkylation sites (N-methyl/N-ethyl adjacent to an activating group) is 1. The molecule has 0 aromatic heterocycles. The minimum Gasteiger partial charge on any atom is -0.420 e. The molecule has 1 aliphatic carbocycles. The summed E-state index contributed by atoms with van der Waals surface area (Å²) in [6.07, 6.45) is 10.3. The van der Waals surface area contributed by atoms with Crippen molar-refractivity contribution in [1.82, 2.24) is 4.90 Å². The largest absolute Gasteiger partial charge is 0.420 e. The van der Waals surface area contributed by atoms with Crippen molar-refractivity contribution < 1.29 is 9.53 Å². The third-order valence-corrected chi connectivity index (χ3v) is 5.89. The Morgan fingerprint density at radius 2 is 1.66 bits per heavy atom. The fourth-order valence-electron chi connectivity index (χ4n) is 4.12. The molecular formula is C24H35N3O2. The Morgan fingerprint density at radius 3 is 2.24 bits per heavy atom. The molecule has 0 N–H and O–H groups in total. The molecule has 1 heterocycles. The van der Waals surface area contributed by atoms with Crippen molar-refractivity contribution in [1.29, 1.82) is 0 Å². The van der Waals surface area contributed by atoms with Crippen LogP contribution >= 0.6 is 0 Å². The second kappa shape index (κ2) is 10.5. The number of nitrogens with zero attached hydrogens (tertiary/aromatic N) is 3. The molecule has 1 aromatic rings. The summed E-state index contributed by atoms with van der Waals surface area (Å²) in [5.41, 5.74) is 2.16. The SMILES string of the molecule is CCN1C(=O)C(=Cc2ccc(N(CC)CC)cc2)OC1=NC1CCCCCCC1. The number of benzene rings is 1. The first-order valence-electron chi connectivity index (χ1n) is 11.3. The molecule has 2 fully saturated rings. The maximum Gasteiger partial charge on any atom is 0.300 e. The lowest BCUT2D eigenvalue weighted by Gasteiger charge is -2.20. The smallest absolute Gasteiger partial charge is 0.300 e. The lowest BCUT2D eigenvalue weighted by Crippen LogP contribution is -2.30. The maximum atomic E-state index is 12.8. The Morgan fingerprint density at radius 1 is 1.03 bits per heavy atom. The molecule has 1 amide bonds. The molecule has 5 heteroatoms. The first kappa shape index (κ1) is 21.4. The number of amidine groups is 1. The van der Waals surface area contributed by atoms with Crippen LogP contribution in [-0.4, -0.2) is 42.5 Å². The minimum absolute atomic E-state index is 0.0927. The monoisotopic (exact) mass is 397 g/mol. The van der Waals surface area contributed by atoms with E-state index in [2.05, 4.69) is 30.9 Å². The summed E-state index contributed by atoms with van der Waals surface area (Å²) in [6, 6.07) is 9.02. The van der Waals surface area contributed by atoms with E-state index in [0.717, 1.165) is 31.5 Å². The summed E-state index contributed by atoms with van der Waals surface area (Å²) >= 11 is 0. The predicted octanol–water partition coefficient (Wildman–Crippen LogP) is 5.22. The molecule has 5 nitrogen and oxygen atoms in total. The number of aliphatic imine (C=N–C) groups is 1. The van der Waals surface area contributed by atoms with Gasteiger partial charge in [0, 0.05) is 25.3 Å². The Kier molecular flexibility index (Phi) is 7.73. The van der Waals surface area contributed by atoms with Crippen LogP contribution in [0.5, 0.6) is 0 Å². The molecule has 1 saturated heterocycles. The first-order valence-corrected chi connectivity index (χ1v) is 11.3. The number of amides is 1. The van der Waals surface area contributed by atoms with Crippen LogP contribution in [0.4, 0.5) is 5.69 Å². The van der Waals surface area contributed by atoms with Crippen LogP contribution in [0.2, 0.25) is 0 Å². The molecule has 0 spiro atoms. The van der Waals surface area contributed by atoms with Gasteiger partial charge in [-0.3, -0.25) is 9.69 Å². The zero-order valence-corrected chi connectivity index (χ0v) is 18.2. The normalized spacial score (nSPS) is 21.3. The quantitative estimate of drug-likeness (QED) is 0.618. The number of rotatable bonds is 6. The highest BCUT2D eigenvalue weighted by atomic mass is 16.5. The van der Waals surface area contributed by atoms with Crippen molar-refractivity contribution in [3.8, 4) is 0 Å². The molecule has 0 atom stereocenters. The summed E-state index contributed by atoms with van der Waals surface area (Å²) in [5.74, 6) is 0.275. The number of hydrogen-bond acceptors (Lipinski definition) is 4. The zero-order valence-electron chi connectivity index (χ0n) is 18.2. The van der Waals surface area contributed by atoms with Crippen LogP contribution in [0.25, 0.3) is 6.08 Å². The molecule has 2 aliphatic rings. The van der Waals surface area contributed by atoms with E-state index < -0.39 is 0 Å². The topological polar surface area (TPSA) is 45.1 Å². The highest BCUT2D eigenvalue weighted by Crippen LogP contribution is 2.25. The Labute approximate surface area is 175 Å². The van der Waals surface area contributed by atoms with Crippen molar-refractivity contribution in [3.63, 3.8) is 0 Å². The van der Waals surface area contributed by atoms with Gasteiger partial charge in [0.2, 0.25) is 0 Å². The third kappa shape index (κ3) is 5.40. The van der Waals surface area contributed by atoms with Crippen LogP contribution in [-0.2, 0) is 9.53 Å². The van der Waals surface area contributed by atoms with Crippen molar-refractivity contribution >= 4 is 23.7 Å². The number of carbonyl (C=O) groups is 1. The first-order chi connectivity index (χ1) is 14.2. The van der Waals surface area contributed by atoms with Gasteiger partial charge >= 0.3 is 6.02 Å². The van der Waals surface area contributed by atoms with E-state index in [0.29, 0.717) is 18.3 Å². The van der Waals surface area contributed by atoms with Crippen LogP contribution in [0.1, 0.15) is 71.3 Å². The average Bonchev–Trinajstić information content (AvgIpc) is 3.00. The van der Waals surface area contributed by atoms with Crippen molar-refractivity contribution in [2.24, 2.45) is 4.99 Å². The van der Waals surface area contributed by atoms with Gasteiger partial charge < -0.3 is 9.64 Å². The van der Waals surface area contributed by atoms with Crippen molar-refractivity contribution in [2.75, 3.05) is 24.5 Å². The van der Waals surface area contributed by atoms with Crippen molar-refractivity contribution in [3.05, 3.63) is 35.6 Å². The Hall–Kier alpha value is -2.30. The van der Waals surface area contributed by atoms with Gasteiger partial charge in [-0.25, -0.2) is 4.99 Å². The van der Waals surface area contributed by atoms with Gasteiger partial charge in [0.1, 0.15) is 0 Å². The number of hydrogen-bond donors (Lipinski definition) is 0. The summed E-state index contributed by atoms with van der Waals surface area (Å²) in [7, 11) is 0. The fraction of sp³-hybridized carbons (Fsp3) is 0.583. The van der Waals surface area contributed by atoms with E-state index in [1.54, 1.807) is 4.90 Å². The van der Waals surface area contributed by atoms with Gasteiger partial charge in [0.05, 0.1) is 6.04 Å². The standard InChI is InChI=1S/C24H35N3O2/c1-4-26(5-2)21-16-14-19(15-17-21)18-22-23(28)27(6-3)24(29-22)25-20-12-10-8-7-9-11-13-20/h14-18,20H,4-13H2,1-3H3. The molecule has 0 radical (unpaired) electrons. The van der Waals surface area contributed by atoms with Crippen LogP contribution < -0.4 is 4.90 Å². The van der Waals surface area contributed by atoms with Crippen molar-refractivity contribution in [2.45, 2.75) is 71.8 Å². The number of carbonyl (C=O) groups excluding carboxylic acids is 1. The van der Waals surface area contributed by atoms with Gasteiger partial charge in [-0.15, -0.1) is 0 Å². The van der Waals surface area contributed by atoms with Crippen LogP contribution in [0.15, 0.2) is 35.0 Å². The minimum atomic E-state index is -0.0927. The van der Waals surface area contributed by atoms with E-state index in [-0.39, 0.29) is 11.9 Å². The molecule has 3 rings (SSSR count). The molecule has 158 valence electrons. The molecule has 1 aromatic carbocycles. The summed E-state index contributed by atoms with van der Waals surface area (Å²) < 4.78 is 5.95. The highest BCUT2D eigenvalue weighted by Gasteiger charge is 2.34. The second-order valence-corrected chi connectivity index (χ2v) is 7.83. The Balaban J connectivity index is 1.76. The maximum absolute atomic E-state index is 12.8. The third-order valence-electron chi connectivity index (χ3n) is 5.89. The molecule has 1 saturated carbocycles. The molecule has 0 unspecified atom stereocenters. The fourth-order valence-corrected chi connectivity index (χ4v) is 4.12. The van der Waals surface area contributed by atoms with E-state index in [4.69, 9.17) is 9.73 Å². The van der Waals surface area contributed by atoms with E-state index >= 15 is 0 Å². The zero-order chi connectivity index (χ0) is 20.6. The van der Waals surface area contributed by atoms with Gasteiger partial charge in [-0.05, 0) is 57.4 Å². The predicted molar refractivity (Wildman–Crippen MR) is 120 cm³/mol. The van der Waals surface area contributed by atoms with Gasteiger partial charge in [0.25, 0.3) is 5.91 Å². The Bertz CT molecular complexity index is 727. The molecule has 1 aliphatic heterocycles. The van der Waals surface area contributed by atoms with Gasteiger partial charge in [-0.1, -0.05) is 44.2 Å². The summed E-state index contributed by atoms with van der Waals surface area (Å²) in [4.78, 5) is 21.6. The lowest BCUT2D eigenvalue weighted by molar-refractivity contribution is -0.122. The van der Waals surface area contributed by atoms with Gasteiger partial charge in [-0.2, -0.15) is 0 Å². The number of ether oxygens (including phenoxy) is 1. The van der Waals surface area contributed by atoms with E-state index in [1.807, 2.05) is 25.1 Å². The summed E-state index contributed by atoms with van der Waals surface area (Å²) in [6.45, 7) is 8.80. The molecule has 29 heavy (non-hydrogen) atoms. The second-order valence-electron chi connectivity index (χ2n) is 7.83.